The molecular weight excluding hydrogens is 326 g/mol. The fourth-order valence-corrected chi connectivity index (χ4v) is 3.89. The quantitative estimate of drug-likeness (QED) is 0.556. The molecule has 3 nitrogen and oxygen atoms in total. The van der Waals surface area contributed by atoms with E-state index in [9.17, 15) is 4.79 Å². The highest BCUT2D eigenvalue weighted by Gasteiger charge is 2.19. The molecular formula is C18H17NO2S2. The number of carbonyl (C=O) groups excluding carboxylic acids is 1. The summed E-state index contributed by atoms with van der Waals surface area (Å²) in [4.78, 5) is 12.3. The van der Waals surface area contributed by atoms with Gasteiger partial charge in [0.25, 0.3) is 0 Å². The Morgan fingerprint density at radius 3 is 2.61 bits per heavy atom. The first-order valence-corrected chi connectivity index (χ1v) is 8.67. The Bertz CT molecular complexity index is 787. The Kier molecular flexibility index (Phi) is 4.68. The second-order valence-electron chi connectivity index (χ2n) is 5.33. The number of thiocarbonyl (C=S) groups is 1. The molecule has 1 N–H and O–H groups in total. The van der Waals surface area contributed by atoms with Crippen molar-refractivity contribution in [3.05, 3.63) is 47.5 Å². The second kappa shape index (κ2) is 6.72. The van der Waals surface area contributed by atoms with Gasteiger partial charge in [0.15, 0.2) is 0 Å². The molecule has 1 aliphatic rings. The molecule has 0 aromatic heterocycles. The van der Waals surface area contributed by atoms with Crippen molar-refractivity contribution in [3.8, 4) is 11.1 Å². The topological polar surface area (TPSA) is 38.3 Å². The molecule has 0 heterocycles. The maximum atomic E-state index is 11.2. The lowest BCUT2D eigenvalue weighted by atomic mass is 10.1. The zero-order chi connectivity index (χ0) is 16.4. The van der Waals surface area contributed by atoms with Gasteiger partial charge in [-0.3, -0.25) is 4.79 Å². The van der Waals surface area contributed by atoms with E-state index in [4.69, 9.17) is 17.0 Å². The predicted molar refractivity (Wildman–Crippen MR) is 99.1 cm³/mol. The van der Waals surface area contributed by atoms with Crippen LogP contribution in [0.4, 0.5) is 5.69 Å². The summed E-state index contributed by atoms with van der Waals surface area (Å²) in [5, 5.41) is 2.84. The lowest BCUT2D eigenvalue weighted by Crippen LogP contribution is -2.05. The summed E-state index contributed by atoms with van der Waals surface area (Å²) in [7, 11) is 0. The highest BCUT2D eigenvalue weighted by Crippen LogP contribution is 2.39. The van der Waals surface area contributed by atoms with Crippen LogP contribution in [-0.2, 0) is 16.0 Å². The van der Waals surface area contributed by atoms with Gasteiger partial charge in [0.2, 0.25) is 10.3 Å². The van der Waals surface area contributed by atoms with Crippen molar-refractivity contribution in [2.45, 2.75) is 25.2 Å². The lowest BCUT2D eigenvalue weighted by Gasteiger charge is -2.07. The third kappa shape index (κ3) is 3.57. The Morgan fingerprint density at radius 2 is 1.91 bits per heavy atom. The number of ether oxygens (including phenoxy) is 1. The molecule has 2 aromatic carbocycles. The van der Waals surface area contributed by atoms with Gasteiger partial charge in [0.1, 0.15) is 0 Å². The van der Waals surface area contributed by atoms with Crippen LogP contribution in [0, 0.1) is 0 Å². The smallest absolute Gasteiger partial charge is 0.224 e. The number of benzene rings is 2. The van der Waals surface area contributed by atoms with Crippen LogP contribution in [0.15, 0.2) is 41.3 Å². The van der Waals surface area contributed by atoms with E-state index in [1.54, 1.807) is 0 Å². The molecule has 5 heteroatoms. The first-order chi connectivity index (χ1) is 11.1. The number of nitrogens with one attached hydrogen (secondary N) is 1. The third-order valence-electron chi connectivity index (χ3n) is 3.64. The van der Waals surface area contributed by atoms with E-state index in [0.29, 0.717) is 11.0 Å². The molecule has 0 bridgehead atoms. The minimum atomic E-state index is -0.0522. The van der Waals surface area contributed by atoms with Gasteiger partial charge in [-0.25, -0.2) is 0 Å². The Labute approximate surface area is 145 Å². The molecule has 0 aliphatic heterocycles. The molecule has 1 aliphatic carbocycles. The molecule has 0 radical (unpaired) electrons. The van der Waals surface area contributed by atoms with Crippen molar-refractivity contribution >= 4 is 40.0 Å². The highest BCUT2D eigenvalue weighted by molar-refractivity contribution is 8.22. The summed E-state index contributed by atoms with van der Waals surface area (Å²) in [6.45, 7) is 4.04. The molecule has 1 amide bonds. The summed E-state index contributed by atoms with van der Waals surface area (Å²) in [6, 6.07) is 12.5. The van der Waals surface area contributed by atoms with Gasteiger partial charge in [0.05, 0.1) is 6.61 Å². The molecule has 23 heavy (non-hydrogen) atoms. The predicted octanol–water partition coefficient (Wildman–Crippen LogP) is 4.63. The van der Waals surface area contributed by atoms with Crippen LogP contribution in [0.25, 0.3) is 11.1 Å². The minimum absolute atomic E-state index is 0.0522. The van der Waals surface area contributed by atoms with E-state index in [2.05, 4.69) is 29.6 Å². The van der Waals surface area contributed by atoms with Gasteiger partial charge in [-0.05, 0) is 83.8 Å². The highest BCUT2D eigenvalue weighted by atomic mass is 32.2. The summed E-state index contributed by atoms with van der Waals surface area (Å²) in [6.07, 6.45) is 0.869. The maximum Gasteiger partial charge on any atom is 0.224 e. The van der Waals surface area contributed by atoms with Gasteiger partial charge in [-0.1, -0.05) is 12.1 Å². The normalized spacial score (nSPS) is 11.6. The molecule has 0 saturated heterocycles. The van der Waals surface area contributed by atoms with Crippen molar-refractivity contribution in [2.75, 3.05) is 11.9 Å². The van der Waals surface area contributed by atoms with Crippen LogP contribution in [0.3, 0.4) is 0 Å². The SMILES string of the molecule is CCOC(=S)Sc1ccc2c(c1)Cc1cc(NC(C)=O)ccc1-2. The Hall–Kier alpha value is -1.85. The van der Waals surface area contributed by atoms with Crippen LogP contribution in [0.2, 0.25) is 0 Å². The number of thioether (sulfide) groups is 1. The summed E-state index contributed by atoms with van der Waals surface area (Å²) in [5.41, 5.74) is 5.85. The number of hydrogen-bond donors (Lipinski definition) is 1. The minimum Gasteiger partial charge on any atom is -0.479 e. The van der Waals surface area contributed by atoms with Crippen molar-refractivity contribution in [2.24, 2.45) is 0 Å². The monoisotopic (exact) mass is 343 g/mol. The first-order valence-electron chi connectivity index (χ1n) is 7.45. The molecule has 0 fully saturated rings. The van der Waals surface area contributed by atoms with Crippen molar-refractivity contribution in [3.63, 3.8) is 0 Å². The zero-order valence-electron chi connectivity index (χ0n) is 13.0. The van der Waals surface area contributed by atoms with E-state index in [0.717, 1.165) is 17.0 Å². The van der Waals surface area contributed by atoms with E-state index < -0.39 is 0 Å². The van der Waals surface area contributed by atoms with Crippen LogP contribution in [-0.4, -0.2) is 16.9 Å². The maximum absolute atomic E-state index is 11.2. The van der Waals surface area contributed by atoms with Gasteiger partial charge >= 0.3 is 0 Å². The molecule has 0 spiro atoms. The number of amides is 1. The first kappa shape index (κ1) is 16.0. The molecule has 2 aromatic rings. The number of fused-ring (bicyclic) bond motifs is 3. The van der Waals surface area contributed by atoms with Crippen molar-refractivity contribution in [1.29, 1.82) is 0 Å². The summed E-state index contributed by atoms with van der Waals surface area (Å²) < 4.78 is 5.89. The van der Waals surface area contributed by atoms with Gasteiger partial charge in [0, 0.05) is 17.5 Å². The van der Waals surface area contributed by atoms with Gasteiger partial charge in [-0.15, -0.1) is 0 Å². The fraction of sp³-hybridized carbons (Fsp3) is 0.222. The van der Waals surface area contributed by atoms with E-state index in [-0.39, 0.29) is 5.91 Å². The third-order valence-corrected chi connectivity index (χ3v) is 4.78. The average Bonchev–Trinajstić information content (AvgIpc) is 2.83. The zero-order valence-corrected chi connectivity index (χ0v) is 14.6. The molecule has 0 unspecified atom stereocenters. The van der Waals surface area contributed by atoms with Crippen LogP contribution >= 0.6 is 24.0 Å². The van der Waals surface area contributed by atoms with E-state index >= 15 is 0 Å². The molecule has 3 rings (SSSR count). The Morgan fingerprint density at radius 1 is 1.22 bits per heavy atom. The van der Waals surface area contributed by atoms with E-state index in [1.165, 1.54) is 40.9 Å². The average molecular weight is 343 g/mol. The molecule has 0 atom stereocenters. The molecule has 0 saturated carbocycles. The lowest BCUT2D eigenvalue weighted by molar-refractivity contribution is -0.114. The second-order valence-corrected chi connectivity index (χ2v) is 7.01. The van der Waals surface area contributed by atoms with Crippen LogP contribution in [0.1, 0.15) is 25.0 Å². The largest absolute Gasteiger partial charge is 0.479 e. The molecule has 118 valence electrons. The van der Waals surface area contributed by atoms with Crippen molar-refractivity contribution < 1.29 is 9.53 Å². The standard InChI is InChI=1S/C18H17NO2S2/c1-3-21-18(22)23-15-5-7-17-13(10-15)8-12-9-14(19-11(2)20)4-6-16(12)17/h4-7,9-10H,3,8H2,1-2H3,(H,19,20). The van der Waals surface area contributed by atoms with E-state index in [1.807, 2.05) is 19.1 Å². The summed E-state index contributed by atoms with van der Waals surface area (Å²) >= 11 is 6.67. The van der Waals surface area contributed by atoms with Gasteiger partial charge < -0.3 is 10.1 Å². The Balaban J connectivity index is 1.83. The number of anilines is 1. The summed E-state index contributed by atoms with van der Waals surface area (Å²) in [5.74, 6) is -0.0522. The fourth-order valence-electron chi connectivity index (χ4n) is 2.78. The van der Waals surface area contributed by atoms with Crippen LogP contribution in [0.5, 0.6) is 0 Å². The number of hydrogen-bond acceptors (Lipinski definition) is 4. The van der Waals surface area contributed by atoms with Gasteiger partial charge in [-0.2, -0.15) is 0 Å². The van der Waals surface area contributed by atoms with Crippen LogP contribution < -0.4 is 5.32 Å². The number of rotatable bonds is 3. The van der Waals surface area contributed by atoms with Crippen molar-refractivity contribution in [1.82, 2.24) is 0 Å². The number of carbonyl (C=O) groups is 1.